The summed E-state index contributed by atoms with van der Waals surface area (Å²) in [7, 11) is 0. The van der Waals surface area contributed by atoms with Crippen LogP contribution < -0.4 is 5.32 Å². The molecule has 96 valence electrons. The highest BCUT2D eigenvalue weighted by Gasteiger charge is 2.05. The quantitative estimate of drug-likeness (QED) is 0.714. The largest absolute Gasteiger partial charge is 0.364 e. The van der Waals surface area contributed by atoms with E-state index in [4.69, 9.17) is 0 Å². The van der Waals surface area contributed by atoms with E-state index in [0.29, 0.717) is 5.65 Å². The van der Waals surface area contributed by atoms with Crippen LogP contribution in [0.3, 0.4) is 0 Å². The molecule has 3 rings (SSSR count). The summed E-state index contributed by atoms with van der Waals surface area (Å²) in [4.78, 5) is 16.7. The summed E-state index contributed by atoms with van der Waals surface area (Å²) < 4.78 is 0. The summed E-state index contributed by atoms with van der Waals surface area (Å²) in [6, 6.07) is 8.43. The molecule has 0 spiro atoms. The average Bonchev–Trinajstić information content (AvgIpc) is 2.94. The average molecular weight is 271 g/mol. The fraction of sp³-hybridized carbons (Fsp3) is 0.154. The van der Waals surface area contributed by atoms with Crippen molar-refractivity contribution in [1.82, 2.24) is 19.9 Å². The molecule has 2 heterocycles. The second-order valence-corrected chi connectivity index (χ2v) is 4.91. The van der Waals surface area contributed by atoms with Gasteiger partial charge >= 0.3 is 0 Å². The zero-order valence-corrected chi connectivity index (χ0v) is 11.2. The maximum atomic E-state index is 4.24. The Hall–Kier alpha value is -2.08. The summed E-state index contributed by atoms with van der Waals surface area (Å²) in [5.74, 6) is 0.775. The van der Waals surface area contributed by atoms with Crippen molar-refractivity contribution in [3.8, 4) is 0 Å². The zero-order chi connectivity index (χ0) is 13.1. The Balaban J connectivity index is 1.80. The van der Waals surface area contributed by atoms with Gasteiger partial charge in [0.05, 0.1) is 6.33 Å². The van der Waals surface area contributed by atoms with Gasteiger partial charge < -0.3 is 10.3 Å². The highest BCUT2D eigenvalue weighted by Crippen LogP contribution is 2.18. The molecule has 19 heavy (non-hydrogen) atoms. The van der Waals surface area contributed by atoms with Crippen molar-refractivity contribution < 1.29 is 0 Å². The monoisotopic (exact) mass is 271 g/mol. The first-order valence-corrected chi connectivity index (χ1v) is 7.10. The van der Waals surface area contributed by atoms with E-state index in [1.54, 1.807) is 18.1 Å². The molecule has 0 unspecified atom stereocenters. The Bertz CT molecular complexity index is 694. The fourth-order valence-electron chi connectivity index (χ4n) is 1.87. The van der Waals surface area contributed by atoms with Gasteiger partial charge in [0.1, 0.15) is 11.8 Å². The van der Waals surface area contributed by atoms with Gasteiger partial charge in [-0.3, -0.25) is 0 Å². The molecule has 0 bridgehead atoms. The molecule has 0 fully saturated rings. The number of hydrogen-bond donors (Lipinski definition) is 2. The van der Waals surface area contributed by atoms with Crippen LogP contribution in [0.5, 0.6) is 0 Å². The lowest BCUT2D eigenvalue weighted by Crippen LogP contribution is -2.02. The lowest BCUT2D eigenvalue weighted by Gasteiger charge is -2.07. The minimum absolute atomic E-state index is 0.676. The van der Waals surface area contributed by atoms with Crippen molar-refractivity contribution in [2.75, 3.05) is 11.6 Å². The molecular formula is C13H13N5S. The smallest absolute Gasteiger partial charge is 0.182 e. The van der Waals surface area contributed by atoms with E-state index in [9.17, 15) is 0 Å². The standard InChI is InChI=1S/C13H13N5S/c1-19-10-4-2-3-9(5-10)6-14-12-11-13(16-7-15-11)18-8-17-12/h2-5,7-8H,6H2,1H3,(H2,14,15,16,17,18). The lowest BCUT2D eigenvalue weighted by atomic mass is 10.2. The Kier molecular flexibility index (Phi) is 3.33. The third kappa shape index (κ3) is 2.53. The van der Waals surface area contributed by atoms with Gasteiger partial charge in [0.2, 0.25) is 0 Å². The highest BCUT2D eigenvalue weighted by atomic mass is 32.2. The predicted molar refractivity (Wildman–Crippen MR) is 77.2 cm³/mol. The molecule has 0 atom stereocenters. The number of nitrogens with one attached hydrogen (secondary N) is 2. The van der Waals surface area contributed by atoms with E-state index >= 15 is 0 Å². The SMILES string of the molecule is CSc1cccc(CNc2ncnc3nc[nH]c23)c1. The summed E-state index contributed by atoms with van der Waals surface area (Å²) in [6.45, 7) is 0.722. The number of nitrogens with zero attached hydrogens (tertiary/aromatic N) is 3. The minimum Gasteiger partial charge on any atom is -0.364 e. The van der Waals surface area contributed by atoms with Gasteiger partial charge in [0.25, 0.3) is 0 Å². The molecular weight excluding hydrogens is 258 g/mol. The van der Waals surface area contributed by atoms with Crippen LogP contribution in [0.25, 0.3) is 11.2 Å². The molecule has 0 amide bonds. The van der Waals surface area contributed by atoms with E-state index in [0.717, 1.165) is 17.9 Å². The Morgan fingerprint density at radius 2 is 2.21 bits per heavy atom. The van der Waals surface area contributed by atoms with E-state index in [1.807, 2.05) is 0 Å². The minimum atomic E-state index is 0.676. The summed E-state index contributed by atoms with van der Waals surface area (Å²) >= 11 is 1.74. The Morgan fingerprint density at radius 3 is 3.11 bits per heavy atom. The first-order chi connectivity index (χ1) is 9.36. The molecule has 0 aliphatic carbocycles. The van der Waals surface area contributed by atoms with Gasteiger partial charge in [-0.15, -0.1) is 11.8 Å². The highest BCUT2D eigenvalue weighted by molar-refractivity contribution is 7.98. The molecule has 5 nitrogen and oxygen atoms in total. The Morgan fingerprint density at radius 1 is 1.26 bits per heavy atom. The van der Waals surface area contributed by atoms with Crippen molar-refractivity contribution in [3.05, 3.63) is 42.5 Å². The van der Waals surface area contributed by atoms with Crippen LogP contribution in [0, 0.1) is 0 Å². The van der Waals surface area contributed by atoms with Crippen molar-refractivity contribution in [3.63, 3.8) is 0 Å². The molecule has 2 N–H and O–H groups in total. The molecule has 6 heteroatoms. The molecule has 0 aliphatic heterocycles. The van der Waals surface area contributed by atoms with Crippen LogP contribution in [-0.4, -0.2) is 26.2 Å². The molecule has 3 aromatic rings. The summed E-state index contributed by atoms with van der Waals surface area (Å²) in [5.41, 5.74) is 2.73. The normalized spacial score (nSPS) is 10.8. The van der Waals surface area contributed by atoms with Crippen LogP contribution in [0.15, 0.2) is 41.8 Å². The van der Waals surface area contributed by atoms with Gasteiger partial charge in [0.15, 0.2) is 11.5 Å². The van der Waals surface area contributed by atoms with Crippen LogP contribution in [-0.2, 0) is 6.54 Å². The first kappa shape index (κ1) is 12.0. The van der Waals surface area contributed by atoms with E-state index in [2.05, 4.69) is 55.8 Å². The summed E-state index contributed by atoms with van der Waals surface area (Å²) in [6.07, 6.45) is 5.22. The zero-order valence-electron chi connectivity index (χ0n) is 10.4. The first-order valence-electron chi connectivity index (χ1n) is 5.87. The number of rotatable bonds is 4. The second kappa shape index (κ2) is 5.27. The van der Waals surface area contributed by atoms with Gasteiger partial charge in [-0.25, -0.2) is 15.0 Å². The number of H-pyrrole nitrogens is 1. The Labute approximate surface area is 114 Å². The van der Waals surface area contributed by atoms with Crippen molar-refractivity contribution in [2.45, 2.75) is 11.4 Å². The van der Waals surface area contributed by atoms with Gasteiger partial charge in [-0.05, 0) is 24.0 Å². The van der Waals surface area contributed by atoms with Gasteiger partial charge in [0, 0.05) is 11.4 Å². The molecule has 1 aromatic carbocycles. The maximum absolute atomic E-state index is 4.24. The number of imidazole rings is 1. The van der Waals surface area contributed by atoms with E-state index < -0.39 is 0 Å². The fourth-order valence-corrected chi connectivity index (χ4v) is 2.35. The molecule has 0 saturated carbocycles. The van der Waals surface area contributed by atoms with Gasteiger partial charge in [-0.2, -0.15) is 0 Å². The number of anilines is 1. The molecule has 2 aromatic heterocycles. The topological polar surface area (TPSA) is 66.5 Å². The van der Waals surface area contributed by atoms with Crippen LogP contribution in [0.1, 0.15) is 5.56 Å². The molecule has 0 saturated heterocycles. The predicted octanol–water partition coefficient (Wildman–Crippen LogP) is 2.69. The third-order valence-electron chi connectivity index (χ3n) is 2.82. The number of aromatic amines is 1. The van der Waals surface area contributed by atoms with Crippen LogP contribution >= 0.6 is 11.8 Å². The summed E-state index contributed by atoms with van der Waals surface area (Å²) in [5, 5.41) is 3.31. The number of hydrogen-bond acceptors (Lipinski definition) is 5. The lowest BCUT2D eigenvalue weighted by molar-refractivity contribution is 1.09. The number of thioether (sulfide) groups is 1. The van der Waals surface area contributed by atoms with Crippen molar-refractivity contribution in [2.24, 2.45) is 0 Å². The van der Waals surface area contributed by atoms with Crippen molar-refractivity contribution in [1.29, 1.82) is 0 Å². The van der Waals surface area contributed by atoms with Crippen molar-refractivity contribution >= 4 is 28.7 Å². The number of fused-ring (bicyclic) bond motifs is 1. The second-order valence-electron chi connectivity index (χ2n) is 4.03. The number of aromatic nitrogens is 4. The third-order valence-corrected chi connectivity index (χ3v) is 3.54. The van der Waals surface area contributed by atoms with Crippen LogP contribution in [0.2, 0.25) is 0 Å². The molecule has 0 aliphatic rings. The molecule has 0 radical (unpaired) electrons. The van der Waals surface area contributed by atoms with Gasteiger partial charge in [-0.1, -0.05) is 12.1 Å². The van der Waals surface area contributed by atoms with E-state index in [-0.39, 0.29) is 0 Å². The maximum Gasteiger partial charge on any atom is 0.182 e. The van der Waals surface area contributed by atoms with E-state index in [1.165, 1.54) is 16.8 Å². The number of benzene rings is 1. The van der Waals surface area contributed by atoms with Crippen LogP contribution in [0.4, 0.5) is 5.82 Å².